The Labute approximate surface area is 153 Å². The van der Waals surface area contributed by atoms with E-state index >= 15 is 0 Å². The van der Waals surface area contributed by atoms with Crippen molar-refractivity contribution in [1.82, 2.24) is 0 Å². The number of para-hydroxylation sites is 3. The van der Waals surface area contributed by atoms with E-state index in [-0.39, 0.29) is 5.91 Å². The minimum atomic E-state index is -0.437. The van der Waals surface area contributed by atoms with E-state index in [1.807, 2.05) is 30.3 Å². The average molecular weight is 355 g/mol. The molecule has 0 aliphatic heterocycles. The zero-order valence-electron chi connectivity index (χ0n) is 14.9. The summed E-state index contributed by atoms with van der Waals surface area (Å²) in [6.45, 7) is 0. The van der Waals surface area contributed by atoms with Gasteiger partial charge in [-0.2, -0.15) is 0 Å². The number of ether oxygens (including phenoxy) is 1. The van der Waals surface area contributed by atoms with Gasteiger partial charge in [0.05, 0.1) is 18.7 Å². The molecule has 2 amide bonds. The maximum absolute atomic E-state index is 12.1. The number of amides is 2. The van der Waals surface area contributed by atoms with Gasteiger partial charge in [-0.3, -0.25) is 9.59 Å². The second-order valence-electron chi connectivity index (χ2n) is 6.08. The molecular formula is C20H25N3O3. The average Bonchev–Trinajstić information content (AvgIpc) is 2.63. The summed E-state index contributed by atoms with van der Waals surface area (Å²) in [5, 5.41) is 2.84. The molecule has 0 radical (unpaired) electrons. The van der Waals surface area contributed by atoms with Gasteiger partial charge in [-0.05, 0) is 36.6 Å². The molecule has 2 aromatic rings. The van der Waals surface area contributed by atoms with E-state index in [1.165, 1.54) is 0 Å². The summed E-state index contributed by atoms with van der Waals surface area (Å²) >= 11 is 0. The van der Waals surface area contributed by atoms with Crippen molar-refractivity contribution in [2.45, 2.75) is 31.6 Å². The van der Waals surface area contributed by atoms with Crippen molar-refractivity contribution in [1.29, 1.82) is 0 Å². The monoisotopic (exact) mass is 355 g/mol. The Morgan fingerprint density at radius 2 is 1.77 bits per heavy atom. The van der Waals surface area contributed by atoms with Gasteiger partial charge in [0.25, 0.3) is 0 Å². The normalized spacial score (nSPS) is 11.6. The molecule has 1 atom stereocenters. The molecule has 0 bridgehead atoms. The standard InChI is InChI=1S/C20H25N3O3/c1-26-18-12-6-5-11-17(18)23-19(24)13-7-3-9-15(20(22)25)14-8-2-4-10-16(14)21/h2,4-6,8,10-12,15H,3,7,9,13,21H2,1H3,(H2,22,25)(H,23,24). The van der Waals surface area contributed by atoms with Gasteiger partial charge in [0, 0.05) is 12.1 Å². The summed E-state index contributed by atoms with van der Waals surface area (Å²) < 4.78 is 5.21. The molecule has 0 spiro atoms. The predicted octanol–water partition coefficient (Wildman–Crippen LogP) is 3.05. The molecule has 26 heavy (non-hydrogen) atoms. The van der Waals surface area contributed by atoms with Crippen LogP contribution in [0.25, 0.3) is 0 Å². The van der Waals surface area contributed by atoms with Crippen LogP contribution in [0.2, 0.25) is 0 Å². The van der Waals surface area contributed by atoms with Gasteiger partial charge in [-0.15, -0.1) is 0 Å². The first-order valence-electron chi connectivity index (χ1n) is 8.59. The first kappa shape index (κ1) is 19.3. The zero-order valence-corrected chi connectivity index (χ0v) is 14.9. The van der Waals surface area contributed by atoms with Crippen molar-refractivity contribution in [3.8, 4) is 5.75 Å². The number of nitrogens with one attached hydrogen (secondary N) is 1. The molecule has 1 unspecified atom stereocenters. The molecule has 0 heterocycles. The van der Waals surface area contributed by atoms with Crippen LogP contribution >= 0.6 is 0 Å². The highest BCUT2D eigenvalue weighted by Gasteiger charge is 2.19. The number of carbonyl (C=O) groups excluding carboxylic acids is 2. The SMILES string of the molecule is COc1ccccc1NC(=O)CCCCC(C(N)=O)c1ccccc1N. The highest BCUT2D eigenvalue weighted by molar-refractivity contribution is 5.92. The van der Waals surface area contributed by atoms with Gasteiger partial charge in [-0.1, -0.05) is 36.8 Å². The van der Waals surface area contributed by atoms with Crippen LogP contribution in [0.5, 0.6) is 5.75 Å². The second kappa shape index (κ2) is 9.46. The number of rotatable bonds is 9. The van der Waals surface area contributed by atoms with E-state index in [0.717, 1.165) is 5.56 Å². The fraction of sp³-hybridized carbons (Fsp3) is 0.300. The Morgan fingerprint density at radius 3 is 2.46 bits per heavy atom. The molecule has 0 saturated carbocycles. The number of anilines is 2. The molecule has 138 valence electrons. The molecule has 0 saturated heterocycles. The number of nitrogens with two attached hydrogens (primary N) is 2. The van der Waals surface area contributed by atoms with Crippen molar-refractivity contribution in [2.24, 2.45) is 5.73 Å². The topological polar surface area (TPSA) is 107 Å². The Morgan fingerprint density at radius 1 is 1.08 bits per heavy atom. The number of unbranched alkanes of at least 4 members (excludes halogenated alkanes) is 1. The largest absolute Gasteiger partial charge is 0.495 e. The highest BCUT2D eigenvalue weighted by Crippen LogP contribution is 2.27. The fourth-order valence-corrected chi connectivity index (χ4v) is 2.87. The number of methoxy groups -OCH3 is 1. The van der Waals surface area contributed by atoms with Gasteiger partial charge < -0.3 is 21.5 Å². The molecule has 0 aliphatic rings. The summed E-state index contributed by atoms with van der Waals surface area (Å²) in [5.41, 5.74) is 13.4. The van der Waals surface area contributed by atoms with E-state index in [9.17, 15) is 9.59 Å². The van der Waals surface area contributed by atoms with Crippen LogP contribution in [0.4, 0.5) is 11.4 Å². The minimum absolute atomic E-state index is 0.0932. The van der Waals surface area contributed by atoms with Crippen molar-refractivity contribution in [3.63, 3.8) is 0 Å². The lowest BCUT2D eigenvalue weighted by Gasteiger charge is -2.15. The van der Waals surface area contributed by atoms with Gasteiger partial charge in [0.1, 0.15) is 5.75 Å². The van der Waals surface area contributed by atoms with Crippen molar-refractivity contribution < 1.29 is 14.3 Å². The fourth-order valence-electron chi connectivity index (χ4n) is 2.87. The Balaban J connectivity index is 1.84. The number of benzene rings is 2. The van der Waals surface area contributed by atoms with E-state index in [1.54, 1.807) is 25.3 Å². The Kier molecular flexibility index (Phi) is 7.02. The van der Waals surface area contributed by atoms with Crippen molar-refractivity contribution in [3.05, 3.63) is 54.1 Å². The van der Waals surface area contributed by atoms with Gasteiger partial charge >= 0.3 is 0 Å². The molecule has 5 N–H and O–H groups in total. The molecular weight excluding hydrogens is 330 g/mol. The smallest absolute Gasteiger partial charge is 0.225 e. The molecule has 0 aliphatic carbocycles. The lowest BCUT2D eigenvalue weighted by Crippen LogP contribution is -2.22. The number of hydrogen-bond acceptors (Lipinski definition) is 4. The number of hydrogen-bond donors (Lipinski definition) is 3. The molecule has 2 aromatic carbocycles. The maximum atomic E-state index is 12.1. The third-order valence-corrected chi connectivity index (χ3v) is 4.24. The number of primary amides is 1. The van der Waals surface area contributed by atoms with E-state index in [2.05, 4.69) is 5.32 Å². The minimum Gasteiger partial charge on any atom is -0.495 e. The van der Waals surface area contributed by atoms with Gasteiger partial charge in [0.15, 0.2) is 0 Å². The van der Waals surface area contributed by atoms with Crippen LogP contribution in [-0.4, -0.2) is 18.9 Å². The Hall–Kier alpha value is -3.02. The molecule has 6 heteroatoms. The van der Waals surface area contributed by atoms with Crippen LogP contribution in [0.15, 0.2) is 48.5 Å². The lowest BCUT2D eigenvalue weighted by atomic mass is 9.91. The summed E-state index contributed by atoms with van der Waals surface area (Å²) in [6.07, 6.45) is 2.26. The zero-order chi connectivity index (χ0) is 18.9. The van der Waals surface area contributed by atoms with Crippen LogP contribution in [-0.2, 0) is 9.59 Å². The predicted molar refractivity (Wildman–Crippen MR) is 103 cm³/mol. The summed E-state index contributed by atoms with van der Waals surface area (Å²) in [4.78, 5) is 23.9. The highest BCUT2D eigenvalue weighted by atomic mass is 16.5. The third-order valence-electron chi connectivity index (χ3n) is 4.24. The summed E-state index contributed by atoms with van der Waals surface area (Å²) in [5.74, 6) is -0.312. The molecule has 2 rings (SSSR count). The summed E-state index contributed by atoms with van der Waals surface area (Å²) in [7, 11) is 1.56. The first-order valence-corrected chi connectivity index (χ1v) is 8.59. The molecule has 0 aromatic heterocycles. The van der Waals surface area contributed by atoms with Crippen molar-refractivity contribution in [2.75, 3.05) is 18.2 Å². The first-order chi connectivity index (χ1) is 12.5. The van der Waals surface area contributed by atoms with E-state index in [0.29, 0.717) is 42.8 Å². The van der Waals surface area contributed by atoms with E-state index in [4.69, 9.17) is 16.2 Å². The number of nitrogen functional groups attached to an aromatic ring is 1. The van der Waals surface area contributed by atoms with Crippen LogP contribution in [0.1, 0.15) is 37.2 Å². The van der Waals surface area contributed by atoms with Crippen molar-refractivity contribution >= 4 is 23.2 Å². The third kappa shape index (κ3) is 5.24. The summed E-state index contributed by atoms with van der Waals surface area (Å²) in [6, 6.07) is 14.5. The molecule has 6 nitrogen and oxygen atoms in total. The van der Waals surface area contributed by atoms with Crippen LogP contribution in [0.3, 0.4) is 0 Å². The maximum Gasteiger partial charge on any atom is 0.225 e. The molecule has 0 fully saturated rings. The van der Waals surface area contributed by atoms with Gasteiger partial charge in [-0.25, -0.2) is 0 Å². The van der Waals surface area contributed by atoms with Crippen LogP contribution < -0.4 is 21.5 Å². The quantitative estimate of drug-likeness (QED) is 0.474. The number of carbonyl (C=O) groups is 2. The van der Waals surface area contributed by atoms with Crippen LogP contribution in [0, 0.1) is 0 Å². The second-order valence-corrected chi connectivity index (χ2v) is 6.08. The Bertz CT molecular complexity index is 761. The van der Waals surface area contributed by atoms with Gasteiger partial charge in [0.2, 0.25) is 11.8 Å². The van der Waals surface area contributed by atoms with E-state index < -0.39 is 11.8 Å². The lowest BCUT2D eigenvalue weighted by molar-refractivity contribution is -0.119.